The number of ether oxygens (including phenoxy) is 5. The van der Waals surface area contributed by atoms with E-state index in [1.54, 1.807) is 50.0 Å². The second-order valence-electron chi connectivity index (χ2n) is 19.8. The Morgan fingerprint density at radius 3 is 1.63 bits per heavy atom. The summed E-state index contributed by atoms with van der Waals surface area (Å²) in [6.45, 7) is 6.43. The maximum absolute atomic E-state index is 12.8. The minimum absolute atomic E-state index is 0.0170. The van der Waals surface area contributed by atoms with Crippen LogP contribution in [0.25, 0.3) is 21.5 Å². The highest BCUT2D eigenvalue weighted by atomic mass is 32.2. The monoisotopic (exact) mass is 1260 g/mol. The van der Waals surface area contributed by atoms with Crippen molar-refractivity contribution in [2.45, 2.75) is 70.4 Å². The third kappa shape index (κ3) is 14.8. The molecule has 5 aromatic rings. The molecule has 0 spiro atoms. The number of aromatic nitrogens is 1. The molecule has 1 aromatic heterocycles. The molecule has 0 fully saturated rings. The van der Waals surface area contributed by atoms with Gasteiger partial charge in [-0.3, -0.25) is 22.8 Å². The lowest BCUT2D eigenvalue weighted by molar-refractivity contribution is -0.442. The summed E-state index contributed by atoms with van der Waals surface area (Å²) in [6, 6.07) is 11.5. The maximum atomic E-state index is 12.8. The summed E-state index contributed by atoms with van der Waals surface area (Å²) in [6.07, 6.45) is 4.55. The SMILES string of the molecule is COCCN1C(=CC=CC2=[N+](CCOCCOCCOCCOCCC(=O)On3c(O)ccc3O)c3ccc4c(S(=O)(=O)O)cc(S(=O)(=O)O)cc4c3C2(C)C)C(C)(CCCS(=O)(=O)O)c2c1ccc1c(S(=O)(=O)O)cc(S(=O)(=O)O)cc21. The Hall–Kier alpha value is -5.95. The van der Waals surface area contributed by atoms with Crippen molar-refractivity contribution >= 4 is 95.2 Å². The first-order valence-corrected chi connectivity index (χ1v) is 32.6. The average molecular weight is 1260 g/mol. The predicted octanol–water partition coefficient (Wildman–Crippen LogP) is 4.21. The van der Waals surface area contributed by atoms with Gasteiger partial charge in [0.05, 0.1) is 80.2 Å². The predicted molar refractivity (Wildman–Crippen MR) is 297 cm³/mol. The van der Waals surface area contributed by atoms with Gasteiger partial charge in [-0.2, -0.15) is 46.7 Å². The number of methoxy groups -OCH3 is 1. The Bertz CT molecular complexity index is 3990. The van der Waals surface area contributed by atoms with Crippen LogP contribution in [0.5, 0.6) is 11.8 Å². The number of nitrogens with zero attached hydrogens (tertiary/aromatic N) is 3. The molecule has 7 rings (SSSR count). The molecule has 7 N–H and O–H groups in total. The van der Waals surface area contributed by atoms with E-state index in [-0.39, 0.29) is 119 Å². The van der Waals surface area contributed by atoms with Crippen LogP contribution in [-0.4, -0.2) is 181 Å². The van der Waals surface area contributed by atoms with Crippen molar-refractivity contribution < 1.29 is 113 Å². The lowest BCUT2D eigenvalue weighted by atomic mass is 9.75. The fourth-order valence-corrected chi connectivity index (χ4v) is 13.5. The van der Waals surface area contributed by atoms with Crippen LogP contribution in [0.2, 0.25) is 0 Å². The third-order valence-electron chi connectivity index (χ3n) is 13.9. The molecule has 0 saturated heterocycles. The van der Waals surface area contributed by atoms with Gasteiger partial charge in [0.15, 0.2) is 12.3 Å². The van der Waals surface area contributed by atoms with Gasteiger partial charge in [0, 0.05) is 71.1 Å². The minimum Gasteiger partial charge on any atom is -0.492 e. The van der Waals surface area contributed by atoms with Crippen LogP contribution in [-0.2, 0) is 89.9 Å². The van der Waals surface area contributed by atoms with E-state index in [2.05, 4.69) is 0 Å². The van der Waals surface area contributed by atoms with Crippen LogP contribution in [0.15, 0.2) is 104 Å². The number of hydrogen-bond donors (Lipinski definition) is 7. The van der Waals surface area contributed by atoms with Gasteiger partial charge in [-0.05, 0) is 92.4 Å². The van der Waals surface area contributed by atoms with E-state index < -0.39 is 104 Å². The molecule has 2 aliphatic heterocycles. The molecular formula is C51H62N3O24S5+. The Morgan fingerprint density at radius 1 is 0.614 bits per heavy atom. The first-order chi connectivity index (χ1) is 38.7. The van der Waals surface area contributed by atoms with Crippen molar-refractivity contribution in [1.82, 2.24) is 4.73 Å². The number of benzene rings is 4. The van der Waals surface area contributed by atoms with E-state index in [4.69, 9.17) is 28.5 Å². The minimum atomic E-state index is -5.15. The van der Waals surface area contributed by atoms with E-state index >= 15 is 0 Å². The zero-order valence-corrected chi connectivity index (χ0v) is 49.1. The van der Waals surface area contributed by atoms with Gasteiger partial charge in [0.2, 0.25) is 17.4 Å². The highest BCUT2D eigenvalue weighted by Crippen LogP contribution is 2.54. The van der Waals surface area contributed by atoms with Gasteiger partial charge >= 0.3 is 5.97 Å². The van der Waals surface area contributed by atoms with Gasteiger partial charge in [0.1, 0.15) is 16.4 Å². The molecule has 454 valence electrons. The molecule has 0 saturated carbocycles. The highest BCUT2D eigenvalue weighted by molar-refractivity contribution is 7.87. The third-order valence-corrected chi connectivity index (χ3v) is 18.2. The van der Waals surface area contributed by atoms with Crippen LogP contribution in [0.4, 0.5) is 11.4 Å². The molecule has 1 atom stereocenters. The normalized spacial score (nSPS) is 17.2. The quantitative estimate of drug-likeness (QED) is 0.0200. The summed E-state index contributed by atoms with van der Waals surface area (Å²) in [5.74, 6) is -2.39. The summed E-state index contributed by atoms with van der Waals surface area (Å²) in [7, 11) is -23.5. The van der Waals surface area contributed by atoms with E-state index in [1.165, 1.54) is 25.3 Å². The summed E-state index contributed by atoms with van der Waals surface area (Å²) >= 11 is 0. The first kappa shape index (κ1) is 64.6. The summed E-state index contributed by atoms with van der Waals surface area (Å²) in [4.78, 5) is 15.3. The molecule has 0 radical (unpaired) electrons. The van der Waals surface area contributed by atoms with Crippen LogP contribution in [0, 0.1) is 0 Å². The Kier molecular flexibility index (Phi) is 19.7. The van der Waals surface area contributed by atoms with Gasteiger partial charge < -0.3 is 43.6 Å². The number of allylic oxidation sites excluding steroid dienone is 4. The largest absolute Gasteiger partial charge is 0.492 e. The lowest BCUT2D eigenvalue weighted by Crippen LogP contribution is -2.31. The number of anilines is 1. The van der Waals surface area contributed by atoms with Crippen LogP contribution in [0.1, 0.15) is 51.2 Å². The number of carbonyl (C=O) groups is 1. The number of hydrogen-bond acceptors (Lipinski definition) is 20. The Labute approximate surface area is 478 Å². The van der Waals surface area contributed by atoms with E-state index in [9.17, 15) is 79.9 Å². The van der Waals surface area contributed by atoms with Crippen molar-refractivity contribution in [3.05, 3.63) is 95.7 Å². The molecular weight excluding hydrogens is 1200 g/mol. The molecule has 83 heavy (non-hydrogen) atoms. The Balaban J connectivity index is 1.19. The van der Waals surface area contributed by atoms with E-state index in [1.807, 2.05) is 4.58 Å². The molecule has 27 nitrogen and oxygen atoms in total. The number of fused-ring (bicyclic) bond motifs is 6. The van der Waals surface area contributed by atoms with Crippen molar-refractivity contribution in [3.63, 3.8) is 0 Å². The second kappa shape index (κ2) is 25.3. The van der Waals surface area contributed by atoms with Crippen LogP contribution < -0.4 is 9.74 Å². The Morgan fingerprint density at radius 2 is 1.12 bits per heavy atom. The van der Waals surface area contributed by atoms with Crippen molar-refractivity contribution in [2.75, 3.05) is 90.3 Å². The molecule has 0 amide bonds. The zero-order chi connectivity index (χ0) is 61.1. The van der Waals surface area contributed by atoms with Gasteiger partial charge in [-0.25, -0.2) is 4.79 Å². The van der Waals surface area contributed by atoms with Crippen molar-refractivity contribution in [1.29, 1.82) is 0 Å². The lowest BCUT2D eigenvalue weighted by Gasteiger charge is -2.31. The van der Waals surface area contributed by atoms with Crippen LogP contribution in [0.3, 0.4) is 0 Å². The zero-order valence-electron chi connectivity index (χ0n) is 45.1. The fraction of sp³-hybridized carbons (Fsp3) is 0.412. The van der Waals surface area contributed by atoms with Crippen molar-refractivity contribution in [2.24, 2.45) is 0 Å². The number of carbonyl (C=O) groups excluding carboxylic acids is 1. The van der Waals surface area contributed by atoms with Gasteiger partial charge in [-0.1, -0.05) is 12.1 Å². The summed E-state index contributed by atoms with van der Waals surface area (Å²) in [5, 5.41) is 19.0. The molecule has 0 aliphatic carbocycles. The molecule has 4 aromatic carbocycles. The average Bonchev–Trinajstić information content (AvgIpc) is 3.88. The second-order valence-corrected chi connectivity index (χ2v) is 27.0. The fourth-order valence-electron chi connectivity index (χ4n) is 10.3. The summed E-state index contributed by atoms with van der Waals surface area (Å²) in [5.41, 5.74) is -0.140. The number of rotatable bonds is 29. The number of aromatic hydroxyl groups is 2. The van der Waals surface area contributed by atoms with Gasteiger partial charge in [0.25, 0.3) is 50.6 Å². The molecule has 3 heterocycles. The summed E-state index contributed by atoms with van der Waals surface area (Å²) < 4.78 is 207. The highest BCUT2D eigenvalue weighted by Gasteiger charge is 2.48. The van der Waals surface area contributed by atoms with Crippen LogP contribution >= 0.6 is 0 Å². The van der Waals surface area contributed by atoms with Crippen molar-refractivity contribution in [3.8, 4) is 11.8 Å². The van der Waals surface area contributed by atoms with E-state index in [0.29, 0.717) is 45.2 Å². The first-order valence-electron chi connectivity index (χ1n) is 25.2. The van der Waals surface area contributed by atoms with E-state index in [0.717, 1.165) is 24.3 Å². The molecule has 2 aliphatic rings. The van der Waals surface area contributed by atoms with Gasteiger partial charge in [-0.15, -0.1) is 4.73 Å². The molecule has 1 unspecified atom stereocenters. The topological polar surface area (TPSA) is 396 Å². The molecule has 32 heteroatoms. The standard InChI is InChI=1S/C51H61N3O24S5/c1-50(2)43(7-5-8-44-51(3,16-6-28-79(58,59)60)49-38-30-34(81(64,65)66)32-42(83(70,71)72)36(38)10-12-40(49)53(44)17-20-73-4)52(39-11-9-35-37(48(39)50)29-33(80(61,62)63)31-41(35)82(67,68)69)18-21-75-23-25-77-27-26-76-24-22-74-19-15-47(57)78-54-45(55)13-14-46(54)56/h5,7-14,29-32H,6,15-28H2,1-4H3,(H6-,55,56,58,59,60,61,62,63,64,65,66,67,68,69,70,71,72)/p+1. The molecule has 0 bridgehead atoms. The maximum Gasteiger partial charge on any atom is 0.335 e. The smallest absolute Gasteiger partial charge is 0.335 e.